The second-order valence-corrected chi connectivity index (χ2v) is 6.74. The van der Waals surface area contributed by atoms with Gasteiger partial charge in [-0.05, 0) is 42.7 Å². The van der Waals surface area contributed by atoms with Crippen LogP contribution >= 0.6 is 0 Å². The number of aliphatic hydroxyl groups is 1. The van der Waals surface area contributed by atoms with E-state index in [0.717, 1.165) is 12.8 Å². The maximum atomic E-state index is 9.45. The van der Waals surface area contributed by atoms with Crippen LogP contribution in [0.5, 0.6) is 0 Å². The van der Waals surface area contributed by atoms with Crippen LogP contribution in [0.4, 0.5) is 0 Å². The van der Waals surface area contributed by atoms with Gasteiger partial charge in [0.1, 0.15) is 0 Å². The summed E-state index contributed by atoms with van der Waals surface area (Å²) < 4.78 is 0. The first kappa shape index (κ1) is 17.2. The molecule has 0 heterocycles. The van der Waals surface area contributed by atoms with Gasteiger partial charge in [-0.25, -0.2) is 0 Å². The molecule has 0 aliphatic heterocycles. The van der Waals surface area contributed by atoms with E-state index in [-0.39, 0.29) is 18.7 Å². The Balaban J connectivity index is 2.60. The first-order valence-corrected chi connectivity index (χ1v) is 7.88. The van der Waals surface area contributed by atoms with Crippen molar-refractivity contribution < 1.29 is 5.11 Å². The lowest BCUT2D eigenvalue weighted by Gasteiger charge is -2.23. The third kappa shape index (κ3) is 6.06. The summed E-state index contributed by atoms with van der Waals surface area (Å²) in [7, 11) is 0. The van der Waals surface area contributed by atoms with Crippen LogP contribution in [0.3, 0.4) is 0 Å². The fraction of sp³-hybridized carbons (Fsp3) is 0.667. The van der Waals surface area contributed by atoms with Crippen LogP contribution in [0.25, 0.3) is 0 Å². The Morgan fingerprint density at radius 3 is 2.00 bits per heavy atom. The molecule has 2 atom stereocenters. The van der Waals surface area contributed by atoms with Gasteiger partial charge in [-0.15, -0.1) is 0 Å². The number of aliphatic hydroxyl groups excluding tert-OH is 1. The largest absolute Gasteiger partial charge is 0.395 e. The average molecular weight is 277 g/mol. The van der Waals surface area contributed by atoms with Crippen molar-refractivity contribution in [3.8, 4) is 0 Å². The van der Waals surface area contributed by atoms with Gasteiger partial charge in [-0.1, -0.05) is 52.0 Å². The van der Waals surface area contributed by atoms with Crippen molar-refractivity contribution in [3.05, 3.63) is 35.4 Å². The lowest BCUT2D eigenvalue weighted by atomic mass is 9.98. The molecule has 0 bridgehead atoms. The molecule has 0 fully saturated rings. The second kappa shape index (κ2) is 8.43. The molecule has 0 aromatic heterocycles. The van der Waals surface area contributed by atoms with Crippen LogP contribution in [0.15, 0.2) is 24.3 Å². The zero-order valence-electron chi connectivity index (χ0n) is 13.7. The zero-order chi connectivity index (χ0) is 15.1. The molecule has 0 radical (unpaired) electrons. The summed E-state index contributed by atoms with van der Waals surface area (Å²) in [5.74, 6) is 1.29. The third-order valence-corrected chi connectivity index (χ3v) is 3.59. The van der Waals surface area contributed by atoms with Gasteiger partial charge < -0.3 is 10.4 Å². The molecule has 0 amide bonds. The van der Waals surface area contributed by atoms with Gasteiger partial charge in [0.15, 0.2) is 0 Å². The summed E-state index contributed by atoms with van der Waals surface area (Å²) in [6.45, 7) is 11.2. The first-order chi connectivity index (χ1) is 9.42. The topological polar surface area (TPSA) is 32.3 Å². The van der Waals surface area contributed by atoms with E-state index in [1.807, 2.05) is 0 Å². The normalized spacial score (nSPS) is 14.8. The molecule has 0 spiro atoms. The van der Waals surface area contributed by atoms with E-state index >= 15 is 0 Å². The van der Waals surface area contributed by atoms with Crippen molar-refractivity contribution in [2.45, 2.75) is 59.5 Å². The fourth-order valence-corrected chi connectivity index (χ4v) is 2.63. The highest BCUT2D eigenvalue weighted by molar-refractivity contribution is 5.25. The Bertz CT molecular complexity index is 370. The molecule has 1 aromatic carbocycles. The smallest absolute Gasteiger partial charge is 0.0584 e. The standard InChI is InChI=1S/C18H31NO/c1-13(2)10-16-6-8-17(9-7-16)15(5)19-18(12-20)11-14(3)4/h6-9,13-15,18-20H,10-12H2,1-5H3. The van der Waals surface area contributed by atoms with Crippen LogP contribution in [0, 0.1) is 11.8 Å². The van der Waals surface area contributed by atoms with Crippen molar-refractivity contribution in [1.82, 2.24) is 5.32 Å². The van der Waals surface area contributed by atoms with E-state index in [0.29, 0.717) is 11.8 Å². The zero-order valence-corrected chi connectivity index (χ0v) is 13.7. The van der Waals surface area contributed by atoms with E-state index in [2.05, 4.69) is 64.2 Å². The van der Waals surface area contributed by atoms with Crippen LogP contribution in [-0.2, 0) is 6.42 Å². The van der Waals surface area contributed by atoms with Crippen molar-refractivity contribution in [3.63, 3.8) is 0 Å². The molecular formula is C18H31NO. The Kier molecular flexibility index (Phi) is 7.25. The lowest BCUT2D eigenvalue weighted by molar-refractivity contribution is 0.215. The number of benzene rings is 1. The highest BCUT2D eigenvalue weighted by Gasteiger charge is 2.14. The van der Waals surface area contributed by atoms with Crippen molar-refractivity contribution in [2.24, 2.45) is 11.8 Å². The molecule has 1 rings (SSSR count). The number of rotatable bonds is 8. The van der Waals surface area contributed by atoms with E-state index in [9.17, 15) is 5.11 Å². The molecule has 1 aromatic rings. The number of hydrogen-bond donors (Lipinski definition) is 2. The summed E-state index contributed by atoms with van der Waals surface area (Å²) in [5.41, 5.74) is 2.69. The number of nitrogens with one attached hydrogen (secondary N) is 1. The van der Waals surface area contributed by atoms with Gasteiger partial charge in [-0.3, -0.25) is 0 Å². The molecule has 0 saturated carbocycles. The van der Waals surface area contributed by atoms with Gasteiger partial charge in [0.25, 0.3) is 0 Å². The minimum atomic E-state index is 0.181. The van der Waals surface area contributed by atoms with Gasteiger partial charge in [0.05, 0.1) is 6.61 Å². The number of hydrogen-bond acceptors (Lipinski definition) is 2. The predicted octanol–water partition coefficient (Wildman–Crippen LogP) is 3.94. The van der Waals surface area contributed by atoms with E-state index < -0.39 is 0 Å². The molecule has 2 nitrogen and oxygen atoms in total. The highest BCUT2D eigenvalue weighted by Crippen LogP contribution is 2.17. The SMILES string of the molecule is CC(C)Cc1ccc(C(C)NC(CO)CC(C)C)cc1. The van der Waals surface area contributed by atoms with Crippen LogP contribution in [0.1, 0.15) is 58.2 Å². The van der Waals surface area contributed by atoms with Crippen LogP contribution < -0.4 is 5.32 Å². The Morgan fingerprint density at radius 1 is 0.950 bits per heavy atom. The van der Waals surface area contributed by atoms with Crippen molar-refractivity contribution in [2.75, 3.05) is 6.61 Å². The van der Waals surface area contributed by atoms with Gasteiger partial charge in [0.2, 0.25) is 0 Å². The van der Waals surface area contributed by atoms with Gasteiger partial charge in [-0.2, -0.15) is 0 Å². The van der Waals surface area contributed by atoms with Gasteiger partial charge in [0, 0.05) is 12.1 Å². The monoisotopic (exact) mass is 277 g/mol. The molecule has 114 valence electrons. The second-order valence-electron chi connectivity index (χ2n) is 6.74. The molecule has 0 saturated heterocycles. The van der Waals surface area contributed by atoms with Crippen LogP contribution in [-0.4, -0.2) is 17.8 Å². The Labute approximate surface area is 124 Å². The molecule has 2 heteroatoms. The minimum absolute atomic E-state index is 0.181. The summed E-state index contributed by atoms with van der Waals surface area (Å²) in [6.07, 6.45) is 2.14. The van der Waals surface area contributed by atoms with Crippen molar-refractivity contribution in [1.29, 1.82) is 0 Å². The maximum Gasteiger partial charge on any atom is 0.0584 e. The first-order valence-electron chi connectivity index (χ1n) is 7.88. The fourth-order valence-electron chi connectivity index (χ4n) is 2.63. The Morgan fingerprint density at radius 2 is 1.55 bits per heavy atom. The summed E-state index contributed by atoms with van der Waals surface area (Å²) in [5, 5.41) is 13.0. The van der Waals surface area contributed by atoms with Crippen molar-refractivity contribution >= 4 is 0 Å². The molecular weight excluding hydrogens is 246 g/mol. The predicted molar refractivity (Wildman–Crippen MR) is 86.9 cm³/mol. The van der Waals surface area contributed by atoms with Gasteiger partial charge >= 0.3 is 0 Å². The quantitative estimate of drug-likeness (QED) is 0.754. The summed E-state index contributed by atoms with van der Waals surface area (Å²) in [4.78, 5) is 0. The minimum Gasteiger partial charge on any atom is -0.395 e. The average Bonchev–Trinajstić information content (AvgIpc) is 2.37. The summed E-state index contributed by atoms with van der Waals surface area (Å²) >= 11 is 0. The molecule has 2 unspecified atom stereocenters. The Hall–Kier alpha value is -0.860. The highest BCUT2D eigenvalue weighted by atomic mass is 16.3. The van der Waals surface area contributed by atoms with E-state index in [4.69, 9.17) is 0 Å². The van der Waals surface area contributed by atoms with Crippen LogP contribution in [0.2, 0.25) is 0 Å². The molecule has 2 N–H and O–H groups in total. The maximum absolute atomic E-state index is 9.45. The molecule has 20 heavy (non-hydrogen) atoms. The summed E-state index contributed by atoms with van der Waals surface area (Å²) in [6, 6.07) is 9.32. The lowest BCUT2D eigenvalue weighted by Crippen LogP contribution is -2.35. The third-order valence-electron chi connectivity index (χ3n) is 3.59. The van der Waals surface area contributed by atoms with E-state index in [1.165, 1.54) is 11.1 Å². The van der Waals surface area contributed by atoms with E-state index in [1.54, 1.807) is 0 Å². The molecule has 0 aliphatic rings. The molecule has 0 aliphatic carbocycles.